The van der Waals surface area contributed by atoms with Crippen molar-refractivity contribution in [2.24, 2.45) is 0 Å². The number of carbonyl (C=O) groups is 2. The van der Waals surface area contributed by atoms with Crippen LogP contribution in [-0.4, -0.2) is 50.0 Å². The maximum atomic E-state index is 12.9. The highest BCUT2D eigenvalue weighted by atomic mass is 35.5. The van der Waals surface area contributed by atoms with Crippen molar-refractivity contribution in [2.45, 2.75) is 31.8 Å². The molecule has 0 bridgehead atoms. The van der Waals surface area contributed by atoms with Gasteiger partial charge in [0.1, 0.15) is 12.7 Å². The Morgan fingerprint density at radius 3 is 2.29 bits per heavy atom. The summed E-state index contributed by atoms with van der Waals surface area (Å²) in [6.07, 6.45) is 4.49. The van der Waals surface area contributed by atoms with Gasteiger partial charge in [0.25, 0.3) is 0 Å². The summed E-state index contributed by atoms with van der Waals surface area (Å²) < 4.78 is 40.6. The van der Waals surface area contributed by atoms with Gasteiger partial charge in [-0.05, 0) is 97.1 Å². The number of halogens is 1. The van der Waals surface area contributed by atoms with Crippen molar-refractivity contribution < 1.29 is 27.5 Å². The number of carbonyl (C=O) groups excluding carboxylic acids is 2. The number of methoxy groups -OCH3 is 1. The van der Waals surface area contributed by atoms with Crippen molar-refractivity contribution in [2.75, 3.05) is 20.3 Å². The molecule has 0 saturated carbocycles. The van der Waals surface area contributed by atoms with Crippen LogP contribution < -0.4 is 4.72 Å². The zero-order valence-electron chi connectivity index (χ0n) is 23.0. The van der Waals surface area contributed by atoms with Crippen molar-refractivity contribution >= 4 is 33.4 Å². The van der Waals surface area contributed by atoms with Crippen molar-refractivity contribution in [3.8, 4) is 5.69 Å². The van der Waals surface area contributed by atoms with Crippen molar-refractivity contribution in [3.63, 3.8) is 0 Å². The van der Waals surface area contributed by atoms with Gasteiger partial charge in [0.15, 0.2) is 5.78 Å². The monoisotopic (exact) mass is 595 g/mol. The molecule has 0 saturated heterocycles. The Morgan fingerprint density at radius 1 is 1.00 bits per heavy atom. The Balaban J connectivity index is 1.63. The summed E-state index contributed by atoms with van der Waals surface area (Å²) in [5, 5.41) is 0.400. The van der Waals surface area contributed by atoms with Gasteiger partial charge in [0, 0.05) is 23.1 Å². The van der Waals surface area contributed by atoms with Crippen molar-refractivity contribution in [1.82, 2.24) is 14.3 Å². The first-order chi connectivity index (χ1) is 19.5. The molecule has 1 unspecified atom stereocenters. The molecule has 1 atom stereocenters. The van der Waals surface area contributed by atoms with Gasteiger partial charge in [-0.2, -0.15) is 0 Å². The summed E-state index contributed by atoms with van der Waals surface area (Å²) >= 11 is 5.85. The van der Waals surface area contributed by atoms with E-state index in [9.17, 15) is 18.0 Å². The molecule has 0 aliphatic carbocycles. The maximum Gasteiger partial charge on any atom is 0.337 e. The third-order valence-corrected chi connectivity index (χ3v) is 8.29. The third kappa shape index (κ3) is 7.09. The van der Waals surface area contributed by atoms with Crippen molar-refractivity contribution in [1.29, 1.82) is 0 Å². The Morgan fingerprint density at radius 2 is 1.68 bits per heavy atom. The molecule has 9 nitrogen and oxygen atoms in total. The maximum absolute atomic E-state index is 12.9. The number of aromatic nitrogens is 2. The fourth-order valence-corrected chi connectivity index (χ4v) is 5.67. The molecule has 41 heavy (non-hydrogen) atoms. The van der Waals surface area contributed by atoms with E-state index < -0.39 is 34.4 Å². The number of benzene rings is 3. The summed E-state index contributed by atoms with van der Waals surface area (Å²) in [4.78, 5) is 29.2. The highest BCUT2D eigenvalue weighted by molar-refractivity contribution is 7.89. The number of hydrogen-bond donors (Lipinski definition) is 1. The van der Waals surface area contributed by atoms with Crippen LogP contribution in [-0.2, 0) is 24.3 Å². The molecular formula is C30H30ClN3O6S. The molecule has 0 amide bonds. The number of nitrogens with one attached hydrogen (secondary N) is 1. The smallest absolute Gasteiger partial charge is 0.337 e. The predicted molar refractivity (Wildman–Crippen MR) is 155 cm³/mol. The number of ketones is 1. The fraction of sp³-hybridized carbons (Fsp3) is 0.233. The van der Waals surface area contributed by atoms with Crippen LogP contribution in [0.25, 0.3) is 5.69 Å². The second-order valence-electron chi connectivity index (χ2n) is 9.53. The standard InChI is InChI=1S/C30H30ClN3O6S/c1-19-5-8-24(34-12-11-32-18-34)15-27(19)29(28-20(2)13-22(14-21(28)3)30(36)39-4)40-17-25(35)16-33-41(37,38)26-9-6-23(31)7-10-26/h5-15,18,29,33H,16-17H2,1-4H3. The van der Waals surface area contributed by atoms with Gasteiger partial charge in [0.2, 0.25) is 10.0 Å². The molecule has 214 valence electrons. The predicted octanol–water partition coefficient (Wildman–Crippen LogP) is 4.89. The second kappa shape index (κ2) is 12.8. The van der Waals surface area contributed by atoms with Gasteiger partial charge in [-0.15, -0.1) is 0 Å². The van der Waals surface area contributed by atoms with E-state index in [4.69, 9.17) is 21.1 Å². The number of rotatable bonds is 11. The molecule has 3 aromatic carbocycles. The van der Waals surface area contributed by atoms with Crippen LogP contribution in [0.15, 0.2) is 78.2 Å². The Hall–Kier alpha value is -3.83. The zero-order chi connectivity index (χ0) is 29.7. The SMILES string of the molecule is COC(=O)c1cc(C)c(C(OCC(=O)CNS(=O)(=O)c2ccc(Cl)cc2)c2cc(-n3ccnc3)ccc2C)c(C)c1. The molecule has 4 rings (SSSR count). The van der Waals surface area contributed by atoms with Crippen LogP contribution in [0.2, 0.25) is 5.02 Å². The van der Waals surface area contributed by atoms with E-state index in [1.54, 1.807) is 24.7 Å². The molecule has 11 heteroatoms. The third-order valence-electron chi connectivity index (χ3n) is 6.62. The highest BCUT2D eigenvalue weighted by Gasteiger charge is 2.25. The minimum Gasteiger partial charge on any atom is -0.465 e. The average molecular weight is 596 g/mol. The minimum atomic E-state index is -3.92. The van der Waals surface area contributed by atoms with Gasteiger partial charge >= 0.3 is 5.97 Å². The number of Topliss-reactive ketones (excluding diaryl/α,β-unsaturated/α-hetero) is 1. The summed E-state index contributed by atoms with van der Waals surface area (Å²) in [6.45, 7) is 4.86. The van der Waals surface area contributed by atoms with Gasteiger partial charge in [-0.25, -0.2) is 22.9 Å². The molecule has 0 fully saturated rings. The lowest BCUT2D eigenvalue weighted by Gasteiger charge is -2.25. The molecule has 1 heterocycles. The minimum absolute atomic E-state index is 0.00242. The number of hydrogen-bond acceptors (Lipinski definition) is 7. The first-order valence-corrected chi connectivity index (χ1v) is 14.5. The van der Waals surface area contributed by atoms with E-state index in [0.717, 1.165) is 33.5 Å². The van der Waals surface area contributed by atoms with E-state index in [-0.39, 0.29) is 11.5 Å². The van der Waals surface area contributed by atoms with Crippen LogP contribution in [0.3, 0.4) is 0 Å². The topological polar surface area (TPSA) is 117 Å². The van der Waals surface area contributed by atoms with Crippen LogP contribution in [0, 0.1) is 20.8 Å². The lowest BCUT2D eigenvalue weighted by Crippen LogP contribution is -2.32. The summed E-state index contributed by atoms with van der Waals surface area (Å²) in [6, 6.07) is 15.0. The van der Waals surface area contributed by atoms with Gasteiger partial charge in [-0.3, -0.25) is 4.79 Å². The van der Waals surface area contributed by atoms with E-state index in [1.807, 2.05) is 49.7 Å². The fourth-order valence-electron chi connectivity index (χ4n) is 4.54. The zero-order valence-corrected chi connectivity index (χ0v) is 24.6. The number of ether oxygens (including phenoxy) is 2. The van der Waals surface area contributed by atoms with E-state index >= 15 is 0 Å². The molecule has 0 aliphatic rings. The van der Waals surface area contributed by atoms with E-state index in [0.29, 0.717) is 10.6 Å². The number of nitrogens with zero attached hydrogens (tertiary/aromatic N) is 2. The summed E-state index contributed by atoms with van der Waals surface area (Å²) in [5.41, 5.74) is 5.32. The molecule has 1 aromatic heterocycles. The summed E-state index contributed by atoms with van der Waals surface area (Å²) in [5.74, 6) is -0.918. The molecule has 4 aromatic rings. The first kappa shape index (κ1) is 30.1. The molecule has 0 radical (unpaired) electrons. The molecule has 0 aliphatic heterocycles. The van der Waals surface area contributed by atoms with Crippen LogP contribution in [0.1, 0.15) is 44.3 Å². The number of imidazole rings is 1. The Kier molecular flexibility index (Phi) is 9.39. The van der Waals surface area contributed by atoms with Gasteiger partial charge < -0.3 is 14.0 Å². The normalized spacial score (nSPS) is 12.2. The largest absolute Gasteiger partial charge is 0.465 e. The lowest BCUT2D eigenvalue weighted by atomic mass is 9.89. The van der Waals surface area contributed by atoms with Gasteiger partial charge in [0.05, 0.1) is 30.4 Å². The molecule has 0 spiro atoms. The van der Waals surface area contributed by atoms with Crippen LogP contribution in [0.4, 0.5) is 0 Å². The number of sulfonamides is 1. The average Bonchev–Trinajstić information content (AvgIpc) is 3.48. The number of aryl methyl sites for hydroxylation is 3. The second-order valence-corrected chi connectivity index (χ2v) is 11.7. The Labute approximate surface area is 244 Å². The van der Waals surface area contributed by atoms with E-state index in [2.05, 4.69) is 9.71 Å². The van der Waals surface area contributed by atoms with Gasteiger partial charge in [-0.1, -0.05) is 17.7 Å². The molecule has 1 N–H and O–H groups in total. The van der Waals surface area contributed by atoms with Crippen molar-refractivity contribution in [3.05, 3.63) is 112 Å². The highest BCUT2D eigenvalue weighted by Crippen LogP contribution is 2.35. The lowest BCUT2D eigenvalue weighted by molar-refractivity contribution is -0.123. The number of esters is 1. The van der Waals surface area contributed by atoms with Crippen LogP contribution in [0.5, 0.6) is 0 Å². The quantitative estimate of drug-likeness (QED) is 0.245. The van der Waals surface area contributed by atoms with E-state index in [1.165, 1.54) is 31.4 Å². The first-order valence-electron chi connectivity index (χ1n) is 12.7. The summed E-state index contributed by atoms with van der Waals surface area (Å²) in [7, 11) is -2.59. The Bertz CT molecular complexity index is 1650. The molecular weight excluding hydrogens is 566 g/mol. The van der Waals surface area contributed by atoms with Crippen LogP contribution >= 0.6 is 11.6 Å².